The van der Waals surface area contributed by atoms with Gasteiger partial charge in [-0.25, -0.2) is 9.97 Å². The highest BCUT2D eigenvalue weighted by molar-refractivity contribution is 7.99. The summed E-state index contributed by atoms with van der Waals surface area (Å²) in [5.74, 6) is 1.66. The molecule has 2 N–H and O–H groups in total. The van der Waals surface area contributed by atoms with Crippen LogP contribution < -0.4 is 5.32 Å². The van der Waals surface area contributed by atoms with Crippen LogP contribution >= 0.6 is 11.8 Å². The highest BCUT2D eigenvalue weighted by Gasteiger charge is 2.06. The van der Waals surface area contributed by atoms with Gasteiger partial charge in [-0.15, -0.1) is 11.8 Å². The Morgan fingerprint density at radius 1 is 1.56 bits per heavy atom. The van der Waals surface area contributed by atoms with Crippen LogP contribution in [0, 0.1) is 0 Å². The molecule has 0 bridgehead atoms. The van der Waals surface area contributed by atoms with E-state index in [9.17, 15) is 0 Å². The number of fused-ring (bicyclic) bond motifs is 1. The first-order chi connectivity index (χ1) is 7.85. The Morgan fingerprint density at radius 3 is 3.19 bits per heavy atom. The fourth-order valence-corrected chi connectivity index (χ4v) is 2.27. The lowest BCUT2D eigenvalue weighted by atomic mass is 10.5. The molecule has 5 nitrogen and oxygen atoms in total. The first kappa shape index (κ1) is 11.2. The highest BCUT2D eigenvalue weighted by Crippen LogP contribution is 2.22. The molecule has 2 aromatic heterocycles. The maximum Gasteiger partial charge on any atom is 0.169 e. The highest BCUT2D eigenvalue weighted by atomic mass is 32.2. The number of aliphatic hydroxyl groups is 1. The molecule has 2 heterocycles. The van der Waals surface area contributed by atoms with Crippen LogP contribution in [-0.2, 0) is 0 Å². The number of hydrogen-bond acceptors (Lipinski definition) is 5. The minimum absolute atomic E-state index is 0.212. The van der Waals surface area contributed by atoms with Gasteiger partial charge in [0.05, 0.1) is 6.20 Å². The van der Waals surface area contributed by atoms with Gasteiger partial charge in [-0.1, -0.05) is 0 Å². The lowest BCUT2D eigenvalue weighted by Gasteiger charge is -2.05. The molecule has 0 unspecified atom stereocenters. The summed E-state index contributed by atoms with van der Waals surface area (Å²) < 4.78 is 1.94. The van der Waals surface area contributed by atoms with Crippen molar-refractivity contribution in [3.63, 3.8) is 0 Å². The third kappa shape index (κ3) is 2.28. The Balaban J connectivity index is 2.29. The minimum atomic E-state index is 0.212. The topological polar surface area (TPSA) is 62.5 Å². The van der Waals surface area contributed by atoms with E-state index in [4.69, 9.17) is 5.11 Å². The summed E-state index contributed by atoms with van der Waals surface area (Å²) >= 11 is 1.61. The van der Waals surface area contributed by atoms with Gasteiger partial charge in [-0.2, -0.15) is 0 Å². The third-order valence-electron chi connectivity index (χ3n) is 2.14. The van der Waals surface area contributed by atoms with Crippen LogP contribution in [-0.4, -0.2) is 38.9 Å². The van der Waals surface area contributed by atoms with Crippen LogP contribution in [0.4, 0.5) is 5.82 Å². The van der Waals surface area contributed by atoms with Crippen LogP contribution in [0.25, 0.3) is 5.65 Å². The second kappa shape index (κ2) is 5.18. The number of aromatic nitrogens is 3. The van der Waals surface area contributed by atoms with E-state index in [1.54, 1.807) is 18.0 Å². The van der Waals surface area contributed by atoms with Crippen molar-refractivity contribution in [2.75, 3.05) is 24.7 Å². The first-order valence-electron chi connectivity index (χ1n) is 5.10. The lowest BCUT2D eigenvalue weighted by Crippen LogP contribution is -1.99. The Morgan fingerprint density at radius 2 is 2.44 bits per heavy atom. The molecular weight excluding hydrogens is 224 g/mol. The molecule has 86 valence electrons. The zero-order valence-corrected chi connectivity index (χ0v) is 9.87. The van der Waals surface area contributed by atoms with E-state index in [-0.39, 0.29) is 6.61 Å². The summed E-state index contributed by atoms with van der Waals surface area (Å²) in [6.07, 6.45) is 6.32. The average Bonchev–Trinajstić information content (AvgIpc) is 2.77. The average molecular weight is 238 g/mol. The molecular formula is C10H14N4OS. The number of thioether (sulfide) groups is 1. The van der Waals surface area contributed by atoms with Gasteiger partial charge in [0.15, 0.2) is 5.65 Å². The van der Waals surface area contributed by atoms with E-state index >= 15 is 0 Å². The van der Waals surface area contributed by atoms with Crippen molar-refractivity contribution in [3.8, 4) is 0 Å². The van der Waals surface area contributed by atoms with Gasteiger partial charge in [0, 0.05) is 31.8 Å². The van der Waals surface area contributed by atoms with E-state index in [2.05, 4.69) is 15.3 Å². The maximum atomic E-state index is 8.75. The molecule has 0 aromatic carbocycles. The Hall–Kier alpha value is -1.27. The van der Waals surface area contributed by atoms with Crippen LogP contribution in [0.2, 0.25) is 0 Å². The monoisotopic (exact) mass is 238 g/mol. The zero-order valence-electron chi connectivity index (χ0n) is 9.05. The molecule has 0 aliphatic rings. The first-order valence-corrected chi connectivity index (χ1v) is 6.09. The van der Waals surface area contributed by atoms with Crippen LogP contribution in [0.3, 0.4) is 0 Å². The van der Waals surface area contributed by atoms with Gasteiger partial charge in [-0.05, 0) is 6.42 Å². The number of nitrogens with zero attached hydrogens (tertiary/aromatic N) is 3. The van der Waals surface area contributed by atoms with Crippen molar-refractivity contribution < 1.29 is 5.11 Å². The lowest BCUT2D eigenvalue weighted by molar-refractivity contribution is 0.296. The molecule has 0 amide bonds. The second-order valence-electron chi connectivity index (χ2n) is 3.27. The molecule has 2 aromatic rings. The van der Waals surface area contributed by atoms with E-state index in [0.717, 1.165) is 28.7 Å². The number of nitrogens with one attached hydrogen (secondary N) is 1. The minimum Gasteiger partial charge on any atom is -0.396 e. The van der Waals surface area contributed by atoms with E-state index in [0.29, 0.717) is 0 Å². The van der Waals surface area contributed by atoms with Crippen LogP contribution in [0.15, 0.2) is 23.6 Å². The van der Waals surface area contributed by atoms with Crippen molar-refractivity contribution in [1.82, 2.24) is 14.4 Å². The predicted octanol–water partition coefficient (Wildman–Crippen LogP) is 1.25. The fourth-order valence-electron chi connectivity index (χ4n) is 1.35. The summed E-state index contributed by atoms with van der Waals surface area (Å²) in [6.45, 7) is 0.212. The number of anilines is 1. The molecule has 0 saturated heterocycles. The van der Waals surface area contributed by atoms with Crippen LogP contribution in [0.1, 0.15) is 6.42 Å². The molecule has 0 saturated carbocycles. The van der Waals surface area contributed by atoms with Crippen molar-refractivity contribution in [2.24, 2.45) is 0 Å². The van der Waals surface area contributed by atoms with Crippen molar-refractivity contribution >= 4 is 23.2 Å². The van der Waals surface area contributed by atoms with Gasteiger partial charge >= 0.3 is 0 Å². The van der Waals surface area contributed by atoms with Crippen molar-refractivity contribution in [2.45, 2.75) is 11.4 Å². The summed E-state index contributed by atoms with van der Waals surface area (Å²) in [5.41, 5.74) is 0.863. The Labute approximate surface area is 97.9 Å². The number of aliphatic hydroxyl groups excluding tert-OH is 1. The summed E-state index contributed by atoms with van der Waals surface area (Å²) in [5, 5.41) is 12.7. The van der Waals surface area contributed by atoms with Gasteiger partial charge in [0.1, 0.15) is 10.8 Å². The molecule has 0 spiro atoms. The molecule has 0 atom stereocenters. The van der Waals surface area contributed by atoms with Gasteiger partial charge in [0.25, 0.3) is 0 Å². The number of hydrogen-bond donors (Lipinski definition) is 2. The quantitative estimate of drug-likeness (QED) is 0.606. The number of imidazole rings is 1. The molecule has 0 fully saturated rings. The summed E-state index contributed by atoms with van der Waals surface area (Å²) in [6, 6.07) is 0. The zero-order chi connectivity index (χ0) is 11.4. The molecule has 2 rings (SSSR count). The summed E-state index contributed by atoms with van der Waals surface area (Å²) in [7, 11) is 1.84. The van der Waals surface area contributed by atoms with Gasteiger partial charge < -0.3 is 14.8 Å². The molecule has 0 aliphatic heterocycles. The molecule has 0 aliphatic carbocycles. The largest absolute Gasteiger partial charge is 0.396 e. The SMILES string of the molecule is CNc1cn2ccnc2c(SCCCO)n1. The normalized spacial score (nSPS) is 10.9. The van der Waals surface area contributed by atoms with E-state index in [1.807, 2.05) is 23.8 Å². The van der Waals surface area contributed by atoms with Gasteiger partial charge in [-0.3, -0.25) is 0 Å². The Bertz CT molecular complexity index is 471. The molecule has 0 radical (unpaired) electrons. The smallest absolute Gasteiger partial charge is 0.169 e. The summed E-state index contributed by atoms with van der Waals surface area (Å²) in [4.78, 5) is 8.71. The Kier molecular flexibility index (Phi) is 3.63. The van der Waals surface area contributed by atoms with Gasteiger partial charge in [0.2, 0.25) is 0 Å². The van der Waals surface area contributed by atoms with Crippen molar-refractivity contribution in [3.05, 3.63) is 18.6 Å². The van der Waals surface area contributed by atoms with E-state index in [1.165, 1.54) is 0 Å². The predicted molar refractivity (Wildman–Crippen MR) is 65.0 cm³/mol. The fraction of sp³-hybridized carbons (Fsp3) is 0.400. The van der Waals surface area contributed by atoms with Crippen LogP contribution in [0.5, 0.6) is 0 Å². The maximum absolute atomic E-state index is 8.75. The molecule has 6 heteroatoms. The third-order valence-corrected chi connectivity index (χ3v) is 3.18. The van der Waals surface area contributed by atoms with Crippen molar-refractivity contribution in [1.29, 1.82) is 0 Å². The standard InChI is InChI=1S/C10H14N4OS/c1-11-8-7-14-4-3-12-9(14)10(13-8)16-6-2-5-15/h3-4,7,11,15H,2,5-6H2,1H3. The van der Waals surface area contributed by atoms with E-state index < -0.39 is 0 Å². The second-order valence-corrected chi connectivity index (χ2v) is 4.35. The molecule has 16 heavy (non-hydrogen) atoms. The number of rotatable bonds is 5.